The molecule has 8 aromatic rings. The largest absolute Gasteiger partial charge is 0.507 e. The van der Waals surface area contributed by atoms with Crippen molar-refractivity contribution >= 4 is 0 Å². The Morgan fingerprint density at radius 1 is 0.312 bits per heavy atom. The van der Waals surface area contributed by atoms with Crippen LogP contribution in [-0.4, -0.2) is 44.6 Å². The van der Waals surface area contributed by atoms with Gasteiger partial charge in [0, 0.05) is 117 Å². The quantitative estimate of drug-likeness (QED) is 0.0450. The van der Waals surface area contributed by atoms with E-state index in [-0.39, 0.29) is 21.7 Å². The number of nitrogens with one attached hydrogen (secondary N) is 4. The Morgan fingerprint density at radius 2 is 0.506 bits per heavy atom. The molecule has 10 rings (SSSR count). The van der Waals surface area contributed by atoms with E-state index in [2.05, 4.69) is 97.5 Å². The first-order chi connectivity index (χ1) is 37.0. The molecule has 8 N–H and O–H groups in total. The van der Waals surface area contributed by atoms with E-state index in [0.29, 0.717) is 73.3 Å². The fourth-order valence-electron chi connectivity index (χ4n) is 11.5. The topological polar surface area (TPSA) is 129 Å². The summed E-state index contributed by atoms with van der Waals surface area (Å²) in [7, 11) is 0. The van der Waals surface area contributed by atoms with Gasteiger partial charge in [0.15, 0.2) is 0 Å². The van der Waals surface area contributed by atoms with E-state index >= 15 is 0 Å². The molecule has 0 saturated heterocycles. The number of aromatic hydroxyl groups is 4. The van der Waals surface area contributed by atoms with E-state index in [4.69, 9.17) is 0 Å². The smallest absolute Gasteiger partial charge is 0.127 e. The molecule has 0 amide bonds. The van der Waals surface area contributed by atoms with Gasteiger partial charge < -0.3 is 41.7 Å². The Balaban J connectivity index is 0.000000201. The second-order valence-corrected chi connectivity index (χ2v) is 21.3. The predicted molar refractivity (Wildman–Crippen MR) is 313 cm³/mol. The van der Waals surface area contributed by atoms with E-state index in [1.807, 2.05) is 121 Å². The summed E-state index contributed by atoms with van der Waals surface area (Å²) in [5, 5.41) is 59.4. The third kappa shape index (κ3) is 14.6. The summed E-state index contributed by atoms with van der Waals surface area (Å²) < 4.78 is 0. The van der Waals surface area contributed by atoms with Crippen molar-refractivity contribution in [3.8, 4) is 67.5 Å². The van der Waals surface area contributed by atoms with Crippen molar-refractivity contribution in [1.82, 2.24) is 21.3 Å². The third-order valence-corrected chi connectivity index (χ3v) is 15.4. The van der Waals surface area contributed by atoms with Gasteiger partial charge in [-0.25, -0.2) is 0 Å². The van der Waals surface area contributed by atoms with Gasteiger partial charge in [-0.15, -0.1) is 0 Å². The Kier molecular flexibility index (Phi) is 20.0. The first kappa shape index (κ1) is 56.7. The molecule has 0 bridgehead atoms. The van der Waals surface area contributed by atoms with E-state index in [9.17, 15) is 20.4 Å². The first-order valence-corrected chi connectivity index (χ1v) is 27.4. The van der Waals surface area contributed by atoms with Crippen LogP contribution in [0.5, 0.6) is 23.0 Å². The van der Waals surface area contributed by atoms with Gasteiger partial charge in [0.05, 0.1) is 0 Å². The van der Waals surface area contributed by atoms with Crippen LogP contribution in [0.2, 0.25) is 0 Å². The van der Waals surface area contributed by atoms with Crippen molar-refractivity contribution in [3.63, 3.8) is 0 Å². The molecule has 2 aliphatic rings. The van der Waals surface area contributed by atoms with Gasteiger partial charge in [-0.2, -0.15) is 0 Å². The van der Waals surface area contributed by atoms with Crippen molar-refractivity contribution in [2.24, 2.45) is 0 Å². The Morgan fingerprint density at radius 3 is 0.701 bits per heavy atom. The summed E-state index contributed by atoms with van der Waals surface area (Å²) in [6.07, 6.45) is 9.13. The summed E-state index contributed by atoms with van der Waals surface area (Å²) in [6.45, 7) is 10.8. The second kappa shape index (κ2) is 27.2. The number of hydrogen-bond donors (Lipinski definition) is 8. The maximum atomic E-state index is 11.1. The molecule has 0 unspecified atom stereocenters. The average Bonchev–Trinajstić information content (AvgIpc) is 3.45. The minimum absolute atomic E-state index is 0. The van der Waals surface area contributed by atoms with Crippen LogP contribution in [0.3, 0.4) is 0 Å². The van der Waals surface area contributed by atoms with Crippen LogP contribution in [0.25, 0.3) is 44.5 Å². The molecular formula is C68H76N4O4Ti. The number of phenols is 4. The fraction of sp³-hybridized carbons (Fsp3) is 0.294. The minimum atomic E-state index is 0. The monoisotopic (exact) mass is 1060 g/mol. The first-order valence-electron chi connectivity index (χ1n) is 27.4. The fourth-order valence-corrected chi connectivity index (χ4v) is 11.5. The minimum Gasteiger partial charge on any atom is -0.507 e. The summed E-state index contributed by atoms with van der Waals surface area (Å²) in [4.78, 5) is 0. The number of benzene rings is 8. The van der Waals surface area contributed by atoms with Crippen molar-refractivity contribution in [3.05, 3.63) is 214 Å². The Bertz CT molecular complexity index is 2740. The molecule has 77 heavy (non-hydrogen) atoms. The van der Waals surface area contributed by atoms with Gasteiger partial charge in [0.2, 0.25) is 0 Å². The summed E-state index contributed by atoms with van der Waals surface area (Å²) in [5.41, 5.74) is 15.9. The molecule has 0 aliphatic heterocycles. The average molecular weight is 1060 g/mol. The van der Waals surface area contributed by atoms with E-state index in [0.717, 1.165) is 115 Å². The standard InChI is InChI=1S/2C34H38N2O2.Ti/c2*1-23-17-27(33(37)29(19-23)25-11-5-3-6-12-25)21-35-31-15-9-10-16-32(31)36-22-28-18-24(2)20-30(34(28)38)26-13-7-4-8-14-26;/h2*3-8,11-14,17-20,31-32,35-38H,9-10,15-16,21-22H2,1-2H3;/t2*31-,32-;/m11./s1. The molecule has 2 fully saturated rings. The van der Waals surface area contributed by atoms with Crippen molar-refractivity contribution < 1.29 is 42.1 Å². The molecule has 8 aromatic carbocycles. The zero-order chi connectivity index (χ0) is 53.0. The van der Waals surface area contributed by atoms with E-state index in [1.165, 1.54) is 25.7 Å². The van der Waals surface area contributed by atoms with Gasteiger partial charge in [0.25, 0.3) is 0 Å². The zero-order valence-corrected chi connectivity index (χ0v) is 46.8. The van der Waals surface area contributed by atoms with Crippen LogP contribution in [0.4, 0.5) is 0 Å². The molecule has 0 aromatic heterocycles. The number of rotatable bonds is 16. The van der Waals surface area contributed by atoms with Gasteiger partial charge in [-0.1, -0.05) is 171 Å². The van der Waals surface area contributed by atoms with Crippen LogP contribution in [0.1, 0.15) is 95.9 Å². The number of aryl methyl sites for hydroxylation is 4. The molecule has 396 valence electrons. The number of hydrogen-bond acceptors (Lipinski definition) is 8. The van der Waals surface area contributed by atoms with Crippen LogP contribution in [0, 0.1) is 27.7 Å². The van der Waals surface area contributed by atoms with Gasteiger partial charge >= 0.3 is 0 Å². The second-order valence-electron chi connectivity index (χ2n) is 21.3. The van der Waals surface area contributed by atoms with Crippen LogP contribution >= 0.6 is 0 Å². The maximum absolute atomic E-state index is 11.1. The molecule has 2 aliphatic carbocycles. The SMILES string of the molecule is Cc1cc(CN[C@@H]2CCCC[C@H]2NCc2cc(C)cc(-c3ccccc3)c2O)c(O)c(-c2ccccc2)c1.Cc1cc(CN[C@@H]2CCCC[C@H]2NCc2cc(C)cc(-c3ccccc3)c2O)c(O)c(-c2ccccc2)c1.[Ti]. The van der Waals surface area contributed by atoms with Crippen LogP contribution in [-0.2, 0) is 47.9 Å². The van der Waals surface area contributed by atoms with Crippen LogP contribution in [0.15, 0.2) is 170 Å². The molecule has 0 spiro atoms. The predicted octanol–water partition coefficient (Wildman–Crippen LogP) is 14.5. The molecule has 9 heteroatoms. The Labute approximate surface area is 472 Å². The summed E-state index contributed by atoms with van der Waals surface area (Å²) in [5.74, 6) is 1.42. The van der Waals surface area contributed by atoms with Crippen molar-refractivity contribution in [2.45, 2.75) is 129 Å². The number of phenolic OH excluding ortho intramolecular Hbond substituents is 4. The molecule has 0 heterocycles. The third-order valence-electron chi connectivity index (χ3n) is 15.4. The van der Waals surface area contributed by atoms with Crippen LogP contribution < -0.4 is 21.3 Å². The summed E-state index contributed by atoms with van der Waals surface area (Å²) in [6, 6.07) is 58.0. The molecular weight excluding hydrogens is 985 g/mol. The Hall–Kier alpha value is -6.49. The molecule has 0 radical (unpaired) electrons. The van der Waals surface area contributed by atoms with Gasteiger partial charge in [-0.05, 0) is 122 Å². The van der Waals surface area contributed by atoms with Gasteiger partial charge in [-0.3, -0.25) is 0 Å². The van der Waals surface area contributed by atoms with Gasteiger partial charge in [0.1, 0.15) is 23.0 Å². The van der Waals surface area contributed by atoms with Crippen molar-refractivity contribution in [2.75, 3.05) is 0 Å². The molecule has 4 atom stereocenters. The maximum Gasteiger partial charge on any atom is 0.127 e. The van der Waals surface area contributed by atoms with E-state index < -0.39 is 0 Å². The van der Waals surface area contributed by atoms with E-state index in [1.54, 1.807) is 0 Å². The molecule has 2 saturated carbocycles. The van der Waals surface area contributed by atoms with Crippen molar-refractivity contribution in [1.29, 1.82) is 0 Å². The summed E-state index contributed by atoms with van der Waals surface area (Å²) >= 11 is 0. The zero-order valence-electron chi connectivity index (χ0n) is 45.2. The molecule has 8 nitrogen and oxygen atoms in total. The normalized spacial score (nSPS) is 17.2.